The van der Waals surface area contributed by atoms with E-state index in [0.29, 0.717) is 6.61 Å². The molecule has 0 aromatic heterocycles. The van der Waals surface area contributed by atoms with Gasteiger partial charge in [-0.25, -0.2) is 0 Å². The Labute approximate surface area is 59.0 Å². The lowest BCUT2D eigenvalue weighted by molar-refractivity contribution is -0.141. The monoisotopic (exact) mass is 132 g/mol. The number of carbonyl (C=O) groups is 1. The van der Waals surface area contributed by atoms with Gasteiger partial charge in [0.15, 0.2) is 0 Å². The average Bonchev–Trinajstić information content (AvgIpc) is 1.97. The molecule has 0 N–H and O–H groups in total. The molecule has 9 heavy (non-hydrogen) atoms. The minimum atomic E-state index is -1.49. The van der Waals surface area contributed by atoms with Crippen molar-refractivity contribution >= 4 is 5.97 Å². The van der Waals surface area contributed by atoms with E-state index in [1.54, 1.807) is 0 Å². The number of esters is 1. The van der Waals surface area contributed by atoms with Crippen molar-refractivity contribution in [2.45, 2.75) is 33.1 Å². The number of carbonyl (C=O) groups excluding carboxylic acids is 1. The van der Waals surface area contributed by atoms with Gasteiger partial charge in [-0.3, -0.25) is 4.79 Å². The summed E-state index contributed by atoms with van der Waals surface area (Å²) in [5.74, 6) is -0.749. The fraction of sp³-hybridized carbons (Fsp3) is 0.857. The highest BCUT2D eigenvalue weighted by Crippen LogP contribution is 1.93. The lowest BCUT2D eigenvalue weighted by atomic mass is 10.3. The molecular formula is C7H14O2. The summed E-state index contributed by atoms with van der Waals surface area (Å²) in [6.45, 7) is 0.914. The van der Waals surface area contributed by atoms with Gasteiger partial charge in [-0.2, -0.15) is 0 Å². The first-order valence-electron chi connectivity index (χ1n) is 4.35. The molecule has 0 spiro atoms. The fourth-order valence-corrected chi connectivity index (χ4v) is 0.525. The second kappa shape index (κ2) is 5.60. The van der Waals surface area contributed by atoms with E-state index in [4.69, 9.17) is 2.74 Å². The Balaban J connectivity index is 3.18. The van der Waals surface area contributed by atoms with E-state index in [1.807, 2.05) is 0 Å². The lowest BCUT2D eigenvalue weighted by Crippen LogP contribution is -1.99. The zero-order valence-electron chi connectivity index (χ0n) is 7.72. The Kier molecular flexibility index (Phi) is 3.28. The van der Waals surface area contributed by atoms with Gasteiger partial charge in [0, 0.05) is 9.62 Å². The Bertz CT molecular complexity index is 115. The molecule has 0 unspecified atom stereocenters. The third-order valence-corrected chi connectivity index (χ3v) is 0.992. The smallest absolute Gasteiger partial charge is 0.302 e. The Morgan fingerprint density at radius 2 is 2.44 bits per heavy atom. The van der Waals surface area contributed by atoms with Gasteiger partial charge in [-0.05, 0) is 6.42 Å². The van der Waals surface area contributed by atoms with Crippen LogP contribution in [0.25, 0.3) is 0 Å². The van der Waals surface area contributed by atoms with E-state index < -0.39 is 12.8 Å². The van der Waals surface area contributed by atoms with Crippen molar-refractivity contribution in [1.29, 1.82) is 0 Å². The summed E-state index contributed by atoms with van der Waals surface area (Å²) >= 11 is 0. The highest BCUT2D eigenvalue weighted by Gasteiger charge is 1.89. The van der Waals surface area contributed by atoms with Gasteiger partial charge in [0.25, 0.3) is 0 Å². The van der Waals surface area contributed by atoms with E-state index in [0.717, 1.165) is 19.3 Å². The molecule has 0 radical (unpaired) electrons. The summed E-state index contributed by atoms with van der Waals surface area (Å²) in [5.41, 5.74) is 0. The molecule has 0 aliphatic carbocycles. The summed E-state index contributed by atoms with van der Waals surface area (Å²) < 4.78 is 17.9. The molecule has 0 aromatic carbocycles. The normalized spacial score (nSPS) is 12.7. The van der Waals surface area contributed by atoms with Crippen LogP contribution in [0.1, 0.15) is 35.8 Å². The van der Waals surface area contributed by atoms with Crippen LogP contribution in [-0.2, 0) is 9.53 Å². The van der Waals surface area contributed by atoms with Crippen molar-refractivity contribution < 1.29 is 12.3 Å². The molecule has 0 bridgehead atoms. The number of hydrogen-bond donors (Lipinski definition) is 0. The van der Waals surface area contributed by atoms with Gasteiger partial charge in [0.1, 0.15) is 0 Å². The average molecular weight is 132 g/mol. The fourth-order valence-electron chi connectivity index (χ4n) is 0.525. The molecule has 0 rings (SSSR count). The maximum atomic E-state index is 10.5. The second-order valence-corrected chi connectivity index (χ2v) is 1.87. The lowest BCUT2D eigenvalue weighted by Gasteiger charge is -1.98. The van der Waals surface area contributed by atoms with Gasteiger partial charge in [0.2, 0.25) is 0 Å². The van der Waals surface area contributed by atoms with E-state index in [-0.39, 0.29) is 0 Å². The zero-order valence-corrected chi connectivity index (χ0v) is 5.72. The van der Waals surface area contributed by atoms with Crippen LogP contribution >= 0.6 is 0 Å². The second-order valence-electron chi connectivity index (χ2n) is 1.87. The predicted octanol–water partition coefficient (Wildman–Crippen LogP) is 1.74. The number of ether oxygens (including phenoxy) is 1. The SMILES string of the molecule is [2H]C([2H])C(=O)OCCCCC. The van der Waals surface area contributed by atoms with Crippen LogP contribution in [0.2, 0.25) is 0 Å². The third-order valence-electron chi connectivity index (χ3n) is 0.992. The highest BCUT2D eigenvalue weighted by atomic mass is 16.5. The van der Waals surface area contributed by atoms with Crippen LogP contribution in [0.3, 0.4) is 0 Å². The predicted molar refractivity (Wildman–Crippen MR) is 36.2 cm³/mol. The molecule has 0 aliphatic rings. The van der Waals surface area contributed by atoms with Crippen LogP contribution in [0, 0.1) is 0 Å². The molecule has 0 amide bonds. The van der Waals surface area contributed by atoms with E-state index in [1.165, 1.54) is 0 Å². The minimum Gasteiger partial charge on any atom is -0.466 e. The molecule has 0 saturated carbocycles. The maximum Gasteiger partial charge on any atom is 0.302 e. The number of hydrogen-bond acceptors (Lipinski definition) is 2. The van der Waals surface area contributed by atoms with Gasteiger partial charge in [-0.1, -0.05) is 19.8 Å². The summed E-state index contributed by atoms with van der Waals surface area (Å²) in [5, 5.41) is 0. The van der Waals surface area contributed by atoms with Gasteiger partial charge < -0.3 is 4.74 Å². The molecule has 54 valence electrons. The molecule has 0 fully saturated rings. The maximum absolute atomic E-state index is 10.5. The molecular weight excluding hydrogens is 116 g/mol. The van der Waals surface area contributed by atoms with Crippen LogP contribution in [0.15, 0.2) is 0 Å². The first-order chi connectivity index (χ1) is 5.18. The summed E-state index contributed by atoms with van der Waals surface area (Å²) in [7, 11) is 0. The van der Waals surface area contributed by atoms with E-state index >= 15 is 0 Å². The first-order valence-corrected chi connectivity index (χ1v) is 3.19. The van der Waals surface area contributed by atoms with Gasteiger partial charge in [0.05, 0.1) is 6.61 Å². The van der Waals surface area contributed by atoms with Crippen molar-refractivity contribution in [2.24, 2.45) is 0 Å². The topological polar surface area (TPSA) is 26.3 Å². The third kappa shape index (κ3) is 7.47. The number of unbranched alkanes of at least 4 members (excludes halogenated alkanes) is 2. The van der Waals surface area contributed by atoms with Crippen molar-refractivity contribution in [3.05, 3.63) is 0 Å². The van der Waals surface area contributed by atoms with Crippen molar-refractivity contribution in [1.82, 2.24) is 0 Å². The van der Waals surface area contributed by atoms with Gasteiger partial charge >= 0.3 is 5.97 Å². The largest absolute Gasteiger partial charge is 0.466 e. The summed E-state index contributed by atoms with van der Waals surface area (Å²) in [6, 6.07) is 0. The first kappa shape index (κ1) is 5.27. The molecule has 0 atom stereocenters. The number of rotatable bonds is 4. The standard InChI is InChI=1S/C7H14O2/c1-3-4-5-6-9-7(2)8/h3-6H2,1-2H3/i2D2. The van der Waals surface area contributed by atoms with Crippen LogP contribution in [-0.4, -0.2) is 12.6 Å². The molecule has 2 heteroatoms. The van der Waals surface area contributed by atoms with Crippen molar-refractivity contribution in [3.8, 4) is 0 Å². The van der Waals surface area contributed by atoms with Crippen LogP contribution in [0.4, 0.5) is 0 Å². The van der Waals surface area contributed by atoms with E-state index in [2.05, 4.69) is 11.7 Å². The van der Waals surface area contributed by atoms with Crippen LogP contribution < -0.4 is 0 Å². The Morgan fingerprint density at radius 3 is 3.00 bits per heavy atom. The molecule has 0 heterocycles. The summed E-state index contributed by atoms with van der Waals surface area (Å²) in [6.07, 6.45) is 2.92. The molecule has 0 saturated heterocycles. The zero-order chi connectivity index (χ0) is 8.69. The van der Waals surface area contributed by atoms with Gasteiger partial charge in [-0.15, -0.1) is 0 Å². The quantitative estimate of drug-likeness (QED) is 0.430. The van der Waals surface area contributed by atoms with Crippen LogP contribution in [0.5, 0.6) is 0 Å². The Hall–Kier alpha value is -0.530. The molecule has 0 aromatic rings. The van der Waals surface area contributed by atoms with Crippen molar-refractivity contribution in [2.75, 3.05) is 6.61 Å². The molecule has 0 aliphatic heterocycles. The van der Waals surface area contributed by atoms with Crippen molar-refractivity contribution in [3.63, 3.8) is 0 Å². The summed E-state index contributed by atoms with van der Waals surface area (Å²) in [4.78, 5) is 10.5. The van der Waals surface area contributed by atoms with E-state index in [9.17, 15) is 4.79 Å². The highest BCUT2D eigenvalue weighted by molar-refractivity contribution is 5.65. The Morgan fingerprint density at radius 1 is 1.67 bits per heavy atom. The molecule has 2 nitrogen and oxygen atoms in total. The minimum absolute atomic E-state index is 0.348.